The molecule has 1 aliphatic carbocycles. The number of rotatable bonds is 1. The predicted molar refractivity (Wildman–Crippen MR) is 59.7 cm³/mol. The fourth-order valence-corrected chi connectivity index (χ4v) is 2.86. The van der Waals surface area contributed by atoms with Crippen LogP contribution < -0.4 is 0 Å². The van der Waals surface area contributed by atoms with Crippen molar-refractivity contribution in [3.8, 4) is 0 Å². The lowest BCUT2D eigenvalue weighted by molar-refractivity contribution is -0.0476. The number of aliphatic hydroxyl groups excluding tert-OH is 1. The summed E-state index contributed by atoms with van der Waals surface area (Å²) in [4.78, 5) is 2.38. The third kappa shape index (κ3) is 2.71. The molecular weight excluding hydrogens is 190 g/mol. The van der Waals surface area contributed by atoms with Gasteiger partial charge in [-0.05, 0) is 32.6 Å². The van der Waals surface area contributed by atoms with Gasteiger partial charge in [-0.3, -0.25) is 4.90 Å². The third-order valence-electron chi connectivity index (χ3n) is 4.04. The van der Waals surface area contributed by atoms with Gasteiger partial charge in [0.05, 0.1) is 11.7 Å². The van der Waals surface area contributed by atoms with E-state index in [9.17, 15) is 10.2 Å². The summed E-state index contributed by atoms with van der Waals surface area (Å²) in [6, 6.07) is 0.356. The monoisotopic (exact) mass is 213 g/mol. The molecule has 2 fully saturated rings. The smallest absolute Gasteiger partial charge is 0.0695 e. The molecule has 0 radical (unpaired) electrons. The Morgan fingerprint density at radius 3 is 2.33 bits per heavy atom. The summed E-state index contributed by atoms with van der Waals surface area (Å²) < 4.78 is 0. The molecule has 2 aliphatic rings. The van der Waals surface area contributed by atoms with E-state index in [1.54, 1.807) is 0 Å². The van der Waals surface area contributed by atoms with Gasteiger partial charge in [0.25, 0.3) is 0 Å². The van der Waals surface area contributed by atoms with Crippen LogP contribution in [0.1, 0.15) is 45.4 Å². The molecule has 0 unspecified atom stereocenters. The number of hydrogen-bond donors (Lipinski definition) is 2. The summed E-state index contributed by atoms with van der Waals surface area (Å²) in [7, 11) is 0. The Hall–Kier alpha value is -0.120. The maximum absolute atomic E-state index is 9.95. The zero-order valence-corrected chi connectivity index (χ0v) is 9.65. The standard InChI is InChI=1S/C12H23NO2/c1-12(15)6-8-13(9-7-12)10-4-2-3-5-11(10)14/h10-11,14-15H,2-9H2,1H3/t10-,11-/m0/s1. The van der Waals surface area contributed by atoms with Crippen LogP contribution in [0.5, 0.6) is 0 Å². The fraction of sp³-hybridized carbons (Fsp3) is 1.00. The highest BCUT2D eigenvalue weighted by atomic mass is 16.3. The first-order valence-electron chi connectivity index (χ1n) is 6.23. The van der Waals surface area contributed by atoms with E-state index in [1.165, 1.54) is 12.8 Å². The maximum Gasteiger partial charge on any atom is 0.0695 e. The Labute approximate surface area is 92.1 Å². The van der Waals surface area contributed by atoms with E-state index >= 15 is 0 Å². The molecule has 1 heterocycles. The minimum atomic E-state index is -0.476. The summed E-state index contributed by atoms with van der Waals surface area (Å²) in [5.74, 6) is 0. The maximum atomic E-state index is 9.95. The Bertz CT molecular complexity index is 208. The van der Waals surface area contributed by atoms with Crippen LogP contribution in [-0.2, 0) is 0 Å². The molecule has 2 atom stereocenters. The van der Waals surface area contributed by atoms with Crippen LogP contribution in [-0.4, -0.2) is 45.9 Å². The van der Waals surface area contributed by atoms with E-state index in [-0.39, 0.29) is 6.10 Å². The minimum absolute atomic E-state index is 0.137. The summed E-state index contributed by atoms with van der Waals surface area (Å²) in [6.07, 6.45) is 6.05. The lowest BCUT2D eigenvalue weighted by Crippen LogP contribution is -2.51. The Kier molecular flexibility index (Phi) is 3.33. The molecule has 2 N–H and O–H groups in total. The summed E-state index contributed by atoms with van der Waals surface area (Å²) >= 11 is 0. The van der Waals surface area contributed by atoms with Crippen LogP contribution in [0.25, 0.3) is 0 Å². The van der Waals surface area contributed by atoms with Crippen molar-refractivity contribution < 1.29 is 10.2 Å². The highest BCUT2D eigenvalue weighted by Gasteiger charge is 2.34. The van der Waals surface area contributed by atoms with Crippen molar-refractivity contribution in [3.63, 3.8) is 0 Å². The van der Waals surface area contributed by atoms with Crippen molar-refractivity contribution in [2.75, 3.05) is 13.1 Å². The SMILES string of the molecule is CC1(O)CCN([C@H]2CCCC[C@@H]2O)CC1. The second-order valence-corrected chi connectivity index (χ2v) is 5.45. The van der Waals surface area contributed by atoms with Crippen molar-refractivity contribution in [1.29, 1.82) is 0 Å². The van der Waals surface area contributed by atoms with Gasteiger partial charge >= 0.3 is 0 Å². The lowest BCUT2D eigenvalue weighted by Gasteiger charge is -2.43. The molecule has 1 saturated heterocycles. The van der Waals surface area contributed by atoms with Crippen LogP contribution in [0.15, 0.2) is 0 Å². The first-order valence-corrected chi connectivity index (χ1v) is 6.23. The number of likely N-dealkylation sites (tertiary alicyclic amines) is 1. The molecular formula is C12H23NO2. The first kappa shape index (κ1) is 11.4. The van der Waals surface area contributed by atoms with Crippen molar-refractivity contribution >= 4 is 0 Å². The Morgan fingerprint density at radius 1 is 1.13 bits per heavy atom. The Balaban J connectivity index is 1.89. The first-order chi connectivity index (χ1) is 7.08. The third-order valence-corrected chi connectivity index (χ3v) is 4.04. The fourth-order valence-electron chi connectivity index (χ4n) is 2.86. The van der Waals surface area contributed by atoms with E-state index in [0.717, 1.165) is 38.8 Å². The largest absolute Gasteiger partial charge is 0.391 e. The summed E-state index contributed by atoms with van der Waals surface area (Å²) in [5.41, 5.74) is -0.476. The highest BCUT2D eigenvalue weighted by molar-refractivity contribution is 4.89. The summed E-state index contributed by atoms with van der Waals surface area (Å²) in [5, 5.41) is 19.8. The van der Waals surface area contributed by atoms with Gasteiger partial charge in [0.15, 0.2) is 0 Å². The zero-order chi connectivity index (χ0) is 10.9. The van der Waals surface area contributed by atoms with Crippen LogP contribution in [0.3, 0.4) is 0 Å². The molecule has 0 aromatic heterocycles. The molecule has 15 heavy (non-hydrogen) atoms. The lowest BCUT2D eigenvalue weighted by atomic mass is 9.87. The molecule has 1 aliphatic heterocycles. The second kappa shape index (κ2) is 4.40. The second-order valence-electron chi connectivity index (χ2n) is 5.45. The van der Waals surface area contributed by atoms with Gasteiger partial charge in [-0.2, -0.15) is 0 Å². The summed E-state index contributed by atoms with van der Waals surface area (Å²) in [6.45, 7) is 3.80. The van der Waals surface area contributed by atoms with E-state index < -0.39 is 5.60 Å². The average Bonchev–Trinajstić information content (AvgIpc) is 2.19. The quantitative estimate of drug-likeness (QED) is 0.686. The molecule has 3 nitrogen and oxygen atoms in total. The molecule has 1 saturated carbocycles. The van der Waals surface area contributed by atoms with Gasteiger partial charge in [0.1, 0.15) is 0 Å². The van der Waals surface area contributed by atoms with Gasteiger partial charge < -0.3 is 10.2 Å². The highest BCUT2D eigenvalue weighted by Crippen LogP contribution is 2.28. The molecule has 0 spiro atoms. The zero-order valence-electron chi connectivity index (χ0n) is 9.65. The Morgan fingerprint density at radius 2 is 1.73 bits per heavy atom. The van der Waals surface area contributed by atoms with Crippen LogP contribution in [0.4, 0.5) is 0 Å². The molecule has 2 rings (SSSR count). The minimum Gasteiger partial charge on any atom is -0.391 e. The van der Waals surface area contributed by atoms with Crippen molar-refractivity contribution in [2.45, 2.75) is 63.2 Å². The van der Waals surface area contributed by atoms with Crippen molar-refractivity contribution in [2.24, 2.45) is 0 Å². The average molecular weight is 213 g/mol. The van der Waals surface area contributed by atoms with Crippen LogP contribution >= 0.6 is 0 Å². The molecule has 0 bridgehead atoms. The van der Waals surface area contributed by atoms with E-state index in [4.69, 9.17) is 0 Å². The number of hydrogen-bond acceptors (Lipinski definition) is 3. The van der Waals surface area contributed by atoms with Gasteiger partial charge in [0.2, 0.25) is 0 Å². The number of piperidine rings is 1. The molecule has 0 aromatic rings. The number of aliphatic hydroxyl groups is 2. The van der Waals surface area contributed by atoms with Gasteiger partial charge in [-0.15, -0.1) is 0 Å². The van der Waals surface area contributed by atoms with Crippen molar-refractivity contribution in [3.05, 3.63) is 0 Å². The van der Waals surface area contributed by atoms with Gasteiger partial charge in [-0.25, -0.2) is 0 Å². The molecule has 3 heteroatoms. The van der Waals surface area contributed by atoms with Gasteiger partial charge in [-0.1, -0.05) is 12.8 Å². The van der Waals surface area contributed by atoms with Crippen LogP contribution in [0.2, 0.25) is 0 Å². The van der Waals surface area contributed by atoms with E-state index in [2.05, 4.69) is 4.90 Å². The van der Waals surface area contributed by atoms with Crippen LogP contribution in [0, 0.1) is 0 Å². The van der Waals surface area contributed by atoms with E-state index in [0.29, 0.717) is 6.04 Å². The van der Waals surface area contributed by atoms with E-state index in [1.807, 2.05) is 6.92 Å². The number of nitrogens with zero attached hydrogens (tertiary/aromatic N) is 1. The molecule has 88 valence electrons. The molecule has 0 aromatic carbocycles. The normalized spacial score (nSPS) is 37.8. The topological polar surface area (TPSA) is 43.7 Å². The van der Waals surface area contributed by atoms with Gasteiger partial charge in [0, 0.05) is 19.1 Å². The van der Waals surface area contributed by atoms with Crippen molar-refractivity contribution in [1.82, 2.24) is 4.90 Å². The predicted octanol–water partition coefficient (Wildman–Crippen LogP) is 1.14. The molecule has 0 amide bonds.